The van der Waals surface area contributed by atoms with Crippen LogP contribution in [0.4, 0.5) is 0 Å². The maximum absolute atomic E-state index is 12.6. The van der Waals surface area contributed by atoms with Crippen molar-refractivity contribution in [2.24, 2.45) is 0 Å². The number of Topliss-reactive ketones (excluding diaryl/α,β-unsaturated/α-hetero) is 1. The topological polar surface area (TPSA) is 75.6 Å². The highest BCUT2D eigenvalue weighted by molar-refractivity contribution is 9.11. The molecular weight excluding hydrogens is 406 g/mol. The molecule has 7 heteroatoms. The van der Waals surface area contributed by atoms with Crippen LogP contribution in [0.3, 0.4) is 0 Å². The lowest BCUT2D eigenvalue weighted by Crippen LogP contribution is -2.53. The highest BCUT2D eigenvalue weighted by atomic mass is 79.9. The number of rotatable bonds is 3. The average molecular weight is 424 g/mol. The second kappa shape index (κ2) is 6.55. The Bertz CT molecular complexity index is 845. The van der Waals surface area contributed by atoms with Gasteiger partial charge in [0.2, 0.25) is 0 Å². The SMILES string of the molecule is CC(=O)c1ccc2c(c1)[C@H](NC(=O)c1ccc(Br)s1)[C@@H](O)C(C)(C)O2. The number of halogens is 1. The Morgan fingerprint density at radius 1 is 1.28 bits per heavy atom. The van der Waals surface area contributed by atoms with Gasteiger partial charge in [0.15, 0.2) is 5.78 Å². The Balaban J connectivity index is 2.00. The summed E-state index contributed by atoms with van der Waals surface area (Å²) < 4.78 is 6.72. The lowest BCUT2D eigenvalue weighted by molar-refractivity contribution is -0.0627. The van der Waals surface area contributed by atoms with Crippen molar-refractivity contribution >= 4 is 39.0 Å². The van der Waals surface area contributed by atoms with Crippen LogP contribution < -0.4 is 10.1 Å². The molecule has 1 aliphatic rings. The zero-order valence-corrected chi connectivity index (χ0v) is 16.4. The molecular formula is C18H18BrNO4S. The van der Waals surface area contributed by atoms with Gasteiger partial charge in [-0.25, -0.2) is 0 Å². The maximum atomic E-state index is 12.6. The first-order valence-corrected chi connectivity index (χ1v) is 9.38. The maximum Gasteiger partial charge on any atom is 0.261 e. The van der Waals surface area contributed by atoms with Gasteiger partial charge in [-0.3, -0.25) is 9.59 Å². The van der Waals surface area contributed by atoms with Crippen LogP contribution >= 0.6 is 27.3 Å². The zero-order chi connectivity index (χ0) is 18.4. The average Bonchev–Trinajstić information content (AvgIpc) is 2.97. The highest BCUT2D eigenvalue weighted by Gasteiger charge is 2.43. The van der Waals surface area contributed by atoms with Gasteiger partial charge in [0.05, 0.1) is 14.7 Å². The van der Waals surface area contributed by atoms with E-state index < -0.39 is 17.7 Å². The molecule has 2 N–H and O–H groups in total. The van der Waals surface area contributed by atoms with Crippen molar-refractivity contribution in [3.8, 4) is 5.75 Å². The van der Waals surface area contributed by atoms with Crippen LogP contribution in [-0.4, -0.2) is 28.5 Å². The van der Waals surface area contributed by atoms with Crippen LogP contribution in [-0.2, 0) is 0 Å². The molecule has 3 rings (SSSR count). The van der Waals surface area contributed by atoms with Crippen molar-refractivity contribution in [3.63, 3.8) is 0 Å². The fourth-order valence-electron chi connectivity index (χ4n) is 2.82. The predicted octanol–water partition coefficient (Wildman–Crippen LogP) is 3.72. The van der Waals surface area contributed by atoms with E-state index in [9.17, 15) is 14.7 Å². The van der Waals surface area contributed by atoms with E-state index in [-0.39, 0.29) is 11.7 Å². The number of carbonyl (C=O) groups is 2. The number of carbonyl (C=O) groups excluding carboxylic acids is 2. The van der Waals surface area contributed by atoms with Gasteiger partial charge in [-0.15, -0.1) is 11.3 Å². The van der Waals surface area contributed by atoms with Crippen LogP contribution in [0.25, 0.3) is 0 Å². The number of aliphatic hydroxyl groups is 1. The molecule has 0 saturated carbocycles. The smallest absolute Gasteiger partial charge is 0.261 e. The number of ether oxygens (including phenoxy) is 1. The third-order valence-electron chi connectivity index (χ3n) is 4.24. The quantitative estimate of drug-likeness (QED) is 0.737. The first-order chi connectivity index (χ1) is 11.7. The molecule has 0 fully saturated rings. The van der Waals surface area contributed by atoms with E-state index in [0.717, 1.165) is 3.79 Å². The number of fused-ring (bicyclic) bond motifs is 1. The highest BCUT2D eigenvalue weighted by Crippen LogP contribution is 2.40. The van der Waals surface area contributed by atoms with E-state index >= 15 is 0 Å². The molecule has 0 aliphatic carbocycles. The van der Waals surface area contributed by atoms with Gasteiger partial charge >= 0.3 is 0 Å². The summed E-state index contributed by atoms with van der Waals surface area (Å²) in [6.07, 6.45) is -0.963. The van der Waals surface area contributed by atoms with E-state index in [1.54, 1.807) is 44.2 Å². The first-order valence-electron chi connectivity index (χ1n) is 7.77. The van der Waals surface area contributed by atoms with Gasteiger partial charge < -0.3 is 15.2 Å². The summed E-state index contributed by atoms with van der Waals surface area (Å²) in [5.41, 5.74) is 0.231. The molecule has 0 saturated heterocycles. The van der Waals surface area contributed by atoms with Crippen molar-refractivity contribution in [3.05, 3.63) is 50.1 Å². The molecule has 1 amide bonds. The third kappa shape index (κ3) is 3.49. The molecule has 0 unspecified atom stereocenters. The summed E-state index contributed by atoms with van der Waals surface area (Å²) in [5, 5.41) is 13.6. The van der Waals surface area contributed by atoms with Gasteiger partial charge in [-0.05, 0) is 67.0 Å². The fraction of sp³-hybridized carbons (Fsp3) is 0.333. The summed E-state index contributed by atoms with van der Waals surface area (Å²) in [6, 6.07) is 7.90. The largest absolute Gasteiger partial charge is 0.485 e. The van der Waals surface area contributed by atoms with E-state index in [0.29, 0.717) is 21.8 Å². The van der Waals surface area contributed by atoms with Gasteiger partial charge in [0.25, 0.3) is 5.91 Å². The monoisotopic (exact) mass is 423 g/mol. The second-order valence-electron chi connectivity index (χ2n) is 6.51. The van der Waals surface area contributed by atoms with Crippen molar-refractivity contribution in [1.82, 2.24) is 5.32 Å². The standard InChI is InChI=1S/C18H18BrNO4S/c1-9(21)10-4-5-12-11(8-10)15(16(22)18(2,3)24-12)20-17(23)13-6-7-14(19)25-13/h4-8,15-16,22H,1-3H3,(H,20,23)/t15-,16+/m0/s1. The number of aliphatic hydroxyl groups excluding tert-OH is 1. The van der Waals surface area contributed by atoms with Crippen molar-refractivity contribution < 1.29 is 19.4 Å². The summed E-state index contributed by atoms with van der Waals surface area (Å²) in [7, 11) is 0. The number of hydrogen-bond donors (Lipinski definition) is 2. The van der Waals surface area contributed by atoms with Crippen LogP contribution in [0.5, 0.6) is 5.75 Å². The molecule has 0 bridgehead atoms. The second-order valence-corrected chi connectivity index (χ2v) is 8.98. The van der Waals surface area contributed by atoms with E-state index in [1.807, 2.05) is 0 Å². The van der Waals surface area contributed by atoms with Crippen LogP contribution in [0, 0.1) is 0 Å². The van der Waals surface area contributed by atoms with Gasteiger partial charge in [0.1, 0.15) is 17.5 Å². The van der Waals surface area contributed by atoms with E-state index in [1.165, 1.54) is 18.3 Å². The Hall–Kier alpha value is -1.70. The number of ketones is 1. The van der Waals surface area contributed by atoms with Crippen LogP contribution in [0.2, 0.25) is 0 Å². The minimum Gasteiger partial charge on any atom is -0.485 e. The predicted molar refractivity (Wildman–Crippen MR) is 99.4 cm³/mol. The van der Waals surface area contributed by atoms with Gasteiger partial charge in [0, 0.05) is 11.1 Å². The third-order valence-corrected chi connectivity index (χ3v) is 5.86. The summed E-state index contributed by atoms with van der Waals surface area (Å²) in [4.78, 5) is 24.8. The van der Waals surface area contributed by atoms with Gasteiger partial charge in [-0.1, -0.05) is 0 Å². The molecule has 25 heavy (non-hydrogen) atoms. The molecule has 5 nitrogen and oxygen atoms in total. The van der Waals surface area contributed by atoms with Crippen LogP contribution in [0.15, 0.2) is 34.1 Å². The fourth-order valence-corrected chi connectivity index (χ4v) is 4.11. The molecule has 0 spiro atoms. The molecule has 0 radical (unpaired) electrons. The normalized spacial score (nSPS) is 21.2. The molecule has 1 aromatic heterocycles. The van der Waals surface area contributed by atoms with Crippen LogP contribution in [0.1, 0.15) is 52.4 Å². The van der Waals surface area contributed by atoms with Crippen molar-refractivity contribution in [2.45, 2.75) is 38.5 Å². The molecule has 2 atom stereocenters. The summed E-state index contributed by atoms with van der Waals surface area (Å²) >= 11 is 4.65. The lowest BCUT2D eigenvalue weighted by atomic mass is 9.85. The number of nitrogens with one attached hydrogen (secondary N) is 1. The van der Waals surface area contributed by atoms with Crippen molar-refractivity contribution in [2.75, 3.05) is 0 Å². The van der Waals surface area contributed by atoms with Gasteiger partial charge in [-0.2, -0.15) is 0 Å². The number of hydrogen-bond acceptors (Lipinski definition) is 5. The number of thiophene rings is 1. The molecule has 132 valence electrons. The van der Waals surface area contributed by atoms with Crippen molar-refractivity contribution in [1.29, 1.82) is 0 Å². The summed E-state index contributed by atoms with van der Waals surface area (Å²) in [5.74, 6) is 0.184. The zero-order valence-electron chi connectivity index (χ0n) is 14.0. The number of benzene rings is 1. The Morgan fingerprint density at radius 2 is 2.00 bits per heavy atom. The Labute approximate surface area is 158 Å². The molecule has 2 heterocycles. The molecule has 2 aromatic rings. The Kier molecular flexibility index (Phi) is 4.74. The first kappa shape index (κ1) is 18.1. The lowest BCUT2D eigenvalue weighted by Gasteiger charge is -2.42. The Morgan fingerprint density at radius 3 is 2.60 bits per heavy atom. The molecule has 1 aromatic carbocycles. The van der Waals surface area contributed by atoms with E-state index in [2.05, 4.69) is 21.2 Å². The number of amides is 1. The minimum atomic E-state index is -0.963. The minimum absolute atomic E-state index is 0.0885. The van der Waals surface area contributed by atoms with E-state index in [4.69, 9.17) is 4.74 Å². The summed E-state index contributed by atoms with van der Waals surface area (Å²) in [6.45, 7) is 5.00. The molecule has 1 aliphatic heterocycles.